The van der Waals surface area contributed by atoms with Gasteiger partial charge >= 0.3 is 0 Å². The molecule has 5 nitrogen and oxygen atoms in total. The molecule has 0 atom stereocenters. The summed E-state index contributed by atoms with van der Waals surface area (Å²) in [6.45, 7) is 1.22. The quantitative estimate of drug-likeness (QED) is 0.749. The molecule has 0 bridgehead atoms. The Hall–Kier alpha value is -2.60. The van der Waals surface area contributed by atoms with Gasteiger partial charge in [-0.05, 0) is 17.7 Å². The van der Waals surface area contributed by atoms with Crippen molar-refractivity contribution in [3.8, 4) is 0 Å². The molecule has 0 radical (unpaired) electrons. The highest BCUT2D eigenvalue weighted by molar-refractivity contribution is 7.90. The van der Waals surface area contributed by atoms with Gasteiger partial charge in [-0.1, -0.05) is 42.5 Å². The van der Waals surface area contributed by atoms with Crippen molar-refractivity contribution in [1.82, 2.24) is 9.78 Å². The molecule has 0 fully saturated rings. The van der Waals surface area contributed by atoms with E-state index in [9.17, 15) is 8.42 Å². The molecule has 0 unspecified atom stereocenters. The topological polar surface area (TPSA) is 64.0 Å². The fourth-order valence-corrected chi connectivity index (χ4v) is 3.35. The Balaban J connectivity index is 1.68. The Kier molecular flexibility index (Phi) is 4.66. The zero-order valence-electron chi connectivity index (χ0n) is 13.4. The lowest BCUT2D eigenvalue weighted by Crippen LogP contribution is -2.05. The van der Waals surface area contributed by atoms with Gasteiger partial charge in [-0.3, -0.25) is 4.68 Å². The van der Waals surface area contributed by atoms with Gasteiger partial charge in [0.15, 0.2) is 9.84 Å². The number of nitrogens with one attached hydrogen (secondary N) is 1. The molecule has 24 heavy (non-hydrogen) atoms. The zero-order valence-corrected chi connectivity index (χ0v) is 14.2. The first-order valence-corrected chi connectivity index (χ1v) is 9.50. The maximum absolute atomic E-state index is 11.8. The molecule has 1 aromatic heterocycles. The zero-order chi connectivity index (χ0) is 17.0. The summed E-state index contributed by atoms with van der Waals surface area (Å²) in [5.41, 5.74) is 2.78. The number of anilines is 1. The summed E-state index contributed by atoms with van der Waals surface area (Å²) in [4.78, 5) is 0.307. The molecule has 0 aliphatic rings. The molecule has 1 N–H and O–H groups in total. The Morgan fingerprint density at radius 2 is 1.71 bits per heavy atom. The summed E-state index contributed by atoms with van der Waals surface area (Å²) < 4.78 is 25.5. The molecule has 0 saturated heterocycles. The summed E-state index contributed by atoms with van der Waals surface area (Å²) in [6, 6.07) is 17.0. The monoisotopic (exact) mass is 341 g/mol. The third kappa shape index (κ3) is 4.02. The number of rotatable bonds is 6. The van der Waals surface area contributed by atoms with Gasteiger partial charge < -0.3 is 5.32 Å². The summed E-state index contributed by atoms with van der Waals surface area (Å²) in [5, 5.41) is 7.53. The van der Waals surface area contributed by atoms with E-state index in [1.807, 2.05) is 35.1 Å². The number of para-hydroxylation sites is 1. The standard InChI is InChI=1S/C18H19N3O2S/c1-24(22,23)18-10-6-5-9-17(18)19-11-16-12-20-21(14-16)13-15-7-3-2-4-8-15/h2-10,12,14,19H,11,13H2,1H3. The number of benzene rings is 2. The molecule has 3 aromatic rings. The molecule has 0 spiro atoms. The predicted octanol–water partition coefficient (Wildman–Crippen LogP) is 2.95. The van der Waals surface area contributed by atoms with Crippen molar-refractivity contribution in [2.75, 3.05) is 11.6 Å². The number of nitrogens with zero attached hydrogens (tertiary/aromatic N) is 2. The van der Waals surface area contributed by atoms with Crippen molar-refractivity contribution < 1.29 is 8.42 Å². The second-order valence-electron chi connectivity index (χ2n) is 5.65. The molecule has 1 heterocycles. The van der Waals surface area contributed by atoms with Gasteiger partial charge in [0.25, 0.3) is 0 Å². The van der Waals surface area contributed by atoms with Crippen LogP contribution in [0.2, 0.25) is 0 Å². The summed E-state index contributed by atoms with van der Waals surface area (Å²) in [6.07, 6.45) is 4.97. The van der Waals surface area contributed by atoms with Crippen molar-refractivity contribution in [3.63, 3.8) is 0 Å². The van der Waals surface area contributed by atoms with Gasteiger partial charge in [0, 0.05) is 24.6 Å². The molecule has 0 aliphatic heterocycles. The molecule has 6 heteroatoms. The lowest BCUT2D eigenvalue weighted by Gasteiger charge is -2.09. The van der Waals surface area contributed by atoms with Gasteiger partial charge in [-0.25, -0.2) is 8.42 Å². The molecular formula is C18H19N3O2S. The van der Waals surface area contributed by atoms with Crippen molar-refractivity contribution in [2.24, 2.45) is 0 Å². The molecule has 3 rings (SSSR count). The Labute approximate surface area is 141 Å². The first-order chi connectivity index (χ1) is 11.5. The average molecular weight is 341 g/mol. The largest absolute Gasteiger partial charge is 0.380 e. The van der Waals surface area contributed by atoms with Crippen LogP contribution in [0.4, 0.5) is 5.69 Å². The number of aromatic nitrogens is 2. The molecule has 2 aromatic carbocycles. The predicted molar refractivity (Wildman–Crippen MR) is 94.6 cm³/mol. The molecule has 0 aliphatic carbocycles. The second-order valence-corrected chi connectivity index (χ2v) is 7.64. The summed E-state index contributed by atoms with van der Waals surface area (Å²) >= 11 is 0. The molecular weight excluding hydrogens is 322 g/mol. The summed E-state index contributed by atoms with van der Waals surface area (Å²) in [7, 11) is -3.26. The first kappa shape index (κ1) is 16.3. The van der Waals surface area contributed by atoms with Crippen LogP contribution in [0, 0.1) is 0 Å². The van der Waals surface area contributed by atoms with Crippen LogP contribution in [0.5, 0.6) is 0 Å². The SMILES string of the molecule is CS(=O)(=O)c1ccccc1NCc1cnn(Cc2ccccc2)c1. The van der Waals surface area contributed by atoms with Crippen molar-refractivity contribution >= 4 is 15.5 Å². The van der Waals surface area contributed by atoms with E-state index >= 15 is 0 Å². The average Bonchev–Trinajstić information content (AvgIpc) is 3.01. The van der Waals surface area contributed by atoms with E-state index in [-0.39, 0.29) is 0 Å². The fraction of sp³-hybridized carbons (Fsp3) is 0.167. The van der Waals surface area contributed by atoms with Crippen LogP contribution in [-0.4, -0.2) is 24.5 Å². The smallest absolute Gasteiger partial charge is 0.177 e. The van der Waals surface area contributed by atoms with Crippen molar-refractivity contribution in [3.05, 3.63) is 78.1 Å². The normalized spacial score (nSPS) is 11.4. The third-order valence-corrected chi connectivity index (χ3v) is 4.80. The van der Waals surface area contributed by atoms with E-state index in [4.69, 9.17) is 0 Å². The van der Waals surface area contributed by atoms with E-state index in [1.54, 1.807) is 24.4 Å². The minimum Gasteiger partial charge on any atom is -0.380 e. The minimum atomic E-state index is -3.26. The van der Waals surface area contributed by atoms with Gasteiger partial charge in [-0.2, -0.15) is 5.10 Å². The van der Waals surface area contributed by atoms with Gasteiger partial charge in [0.2, 0.25) is 0 Å². The highest BCUT2D eigenvalue weighted by Gasteiger charge is 2.12. The third-order valence-electron chi connectivity index (χ3n) is 3.64. The Morgan fingerprint density at radius 1 is 1.00 bits per heavy atom. The van der Waals surface area contributed by atoms with Gasteiger partial charge in [0.1, 0.15) is 0 Å². The molecule has 124 valence electrons. The Bertz CT molecular complexity index is 918. The maximum atomic E-state index is 11.8. The molecule has 0 saturated carbocycles. The van der Waals surface area contributed by atoms with E-state index in [0.29, 0.717) is 23.7 Å². The van der Waals surface area contributed by atoms with Gasteiger partial charge in [0.05, 0.1) is 23.3 Å². The van der Waals surface area contributed by atoms with E-state index in [2.05, 4.69) is 22.5 Å². The lowest BCUT2D eigenvalue weighted by molar-refractivity contribution is 0.602. The van der Waals surface area contributed by atoms with Crippen LogP contribution in [-0.2, 0) is 22.9 Å². The van der Waals surface area contributed by atoms with Crippen LogP contribution < -0.4 is 5.32 Å². The van der Waals surface area contributed by atoms with Crippen LogP contribution >= 0.6 is 0 Å². The number of hydrogen-bond donors (Lipinski definition) is 1. The maximum Gasteiger partial charge on any atom is 0.177 e. The van der Waals surface area contributed by atoms with Gasteiger partial charge in [-0.15, -0.1) is 0 Å². The van der Waals surface area contributed by atoms with Crippen molar-refractivity contribution in [2.45, 2.75) is 18.0 Å². The second kappa shape index (κ2) is 6.88. The van der Waals surface area contributed by atoms with E-state index in [1.165, 1.54) is 11.8 Å². The van der Waals surface area contributed by atoms with E-state index < -0.39 is 9.84 Å². The van der Waals surface area contributed by atoms with Crippen LogP contribution in [0.3, 0.4) is 0 Å². The number of hydrogen-bond acceptors (Lipinski definition) is 4. The van der Waals surface area contributed by atoms with Crippen LogP contribution in [0.15, 0.2) is 71.9 Å². The van der Waals surface area contributed by atoms with Crippen molar-refractivity contribution in [1.29, 1.82) is 0 Å². The van der Waals surface area contributed by atoms with Crippen LogP contribution in [0.1, 0.15) is 11.1 Å². The fourth-order valence-electron chi connectivity index (χ4n) is 2.49. The van der Waals surface area contributed by atoms with E-state index in [0.717, 1.165) is 5.56 Å². The van der Waals surface area contributed by atoms with Crippen LogP contribution in [0.25, 0.3) is 0 Å². The molecule has 0 amide bonds. The Morgan fingerprint density at radius 3 is 2.46 bits per heavy atom. The highest BCUT2D eigenvalue weighted by Crippen LogP contribution is 2.21. The first-order valence-electron chi connectivity index (χ1n) is 7.60. The minimum absolute atomic E-state index is 0.307. The lowest BCUT2D eigenvalue weighted by atomic mass is 10.2. The summed E-state index contributed by atoms with van der Waals surface area (Å²) in [5.74, 6) is 0. The highest BCUT2D eigenvalue weighted by atomic mass is 32.2. The number of sulfone groups is 1.